The fourth-order valence-electron chi connectivity index (χ4n) is 2.43. The van der Waals surface area contributed by atoms with Gasteiger partial charge in [0, 0.05) is 11.9 Å². The van der Waals surface area contributed by atoms with E-state index in [4.69, 9.17) is 0 Å². The summed E-state index contributed by atoms with van der Waals surface area (Å²) in [6.45, 7) is 7.03. The van der Waals surface area contributed by atoms with E-state index in [1.165, 1.54) is 0 Å². The van der Waals surface area contributed by atoms with E-state index >= 15 is 0 Å². The first-order valence-corrected chi connectivity index (χ1v) is 6.54. The van der Waals surface area contributed by atoms with Crippen LogP contribution in [0.25, 0.3) is 0 Å². The summed E-state index contributed by atoms with van der Waals surface area (Å²) >= 11 is 3.51. The first-order chi connectivity index (χ1) is 6.85. The van der Waals surface area contributed by atoms with Crippen LogP contribution in [0.1, 0.15) is 40.0 Å². The first-order valence-electron chi connectivity index (χ1n) is 5.42. The van der Waals surface area contributed by atoms with Gasteiger partial charge in [-0.3, -0.25) is 0 Å². The van der Waals surface area contributed by atoms with E-state index in [0.717, 1.165) is 24.6 Å². The van der Waals surface area contributed by atoms with Crippen LogP contribution in [0.4, 0.5) is 4.79 Å². The van der Waals surface area contributed by atoms with Crippen molar-refractivity contribution in [2.24, 2.45) is 5.41 Å². The first kappa shape index (κ1) is 12.8. The van der Waals surface area contributed by atoms with Gasteiger partial charge < -0.3 is 10.0 Å². The van der Waals surface area contributed by atoms with Crippen molar-refractivity contribution in [1.29, 1.82) is 0 Å². The molecule has 1 atom stereocenters. The minimum absolute atomic E-state index is 0.0324. The average Bonchev–Trinajstić information content (AvgIpc) is 2.15. The zero-order valence-corrected chi connectivity index (χ0v) is 11.3. The normalized spacial score (nSPS) is 27.9. The molecule has 4 heteroatoms. The monoisotopic (exact) mass is 277 g/mol. The summed E-state index contributed by atoms with van der Waals surface area (Å²) in [5.74, 6) is 0. The van der Waals surface area contributed by atoms with E-state index in [0.29, 0.717) is 6.54 Å². The molecule has 0 bridgehead atoms. The Morgan fingerprint density at radius 3 is 2.40 bits per heavy atom. The van der Waals surface area contributed by atoms with Gasteiger partial charge in [-0.2, -0.15) is 0 Å². The van der Waals surface area contributed by atoms with Crippen LogP contribution in [-0.2, 0) is 0 Å². The predicted octanol–water partition coefficient (Wildman–Crippen LogP) is 3.33. The molecule has 0 spiro atoms. The molecule has 0 aromatic rings. The maximum absolute atomic E-state index is 11.3. The third-order valence-electron chi connectivity index (χ3n) is 3.59. The number of likely N-dealkylation sites (tertiary alicyclic amines) is 1. The van der Waals surface area contributed by atoms with Gasteiger partial charge in [0.15, 0.2) is 0 Å². The quantitative estimate of drug-likeness (QED) is 0.747. The largest absolute Gasteiger partial charge is 0.465 e. The van der Waals surface area contributed by atoms with E-state index in [9.17, 15) is 9.90 Å². The predicted molar refractivity (Wildman–Crippen MR) is 64.6 cm³/mol. The van der Waals surface area contributed by atoms with Gasteiger partial charge in [0.2, 0.25) is 0 Å². The number of halogens is 1. The van der Waals surface area contributed by atoms with Crippen molar-refractivity contribution in [3.05, 3.63) is 0 Å². The lowest BCUT2D eigenvalue weighted by atomic mass is 9.69. The van der Waals surface area contributed by atoms with Crippen LogP contribution in [0.5, 0.6) is 0 Å². The van der Waals surface area contributed by atoms with Gasteiger partial charge in [0.25, 0.3) is 0 Å². The van der Waals surface area contributed by atoms with Gasteiger partial charge >= 0.3 is 6.09 Å². The van der Waals surface area contributed by atoms with Crippen LogP contribution < -0.4 is 0 Å². The molecule has 0 radical (unpaired) electrons. The molecular formula is C11H20BrNO2. The minimum atomic E-state index is -0.788. The Kier molecular flexibility index (Phi) is 3.69. The number of carboxylic acid groups (broad SMARTS) is 1. The van der Waals surface area contributed by atoms with Crippen molar-refractivity contribution in [1.82, 2.24) is 4.90 Å². The van der Waals surface area contributed by atoms with Crippen LogP contribution >= 0.6 is 15.9 Å². The Balaban J connectivity index is 3.07. The van der Waals surface area contributed by atoms with Gasteiger partial charge in [0.05, 0.1) is 5.54 Å². The highest BCUT2D eigenvalue weighted by atomic mass is 79.9. The fourth-order valence-corrected chi connectivity index (χ4v) is 3.86. The van der Waals surface area contributed by atoms with E-state index < -0.39 is 6.09 Å². The van der Waals surface area contributed by atoms with Gasteiger partial charge in [-0.05, 0) is 24.7 Å². The molecule has 1 unspecified atom stereocenters. The number of amides is 1. The zero-order chi connectivity index (χ0) is 11.7. The van der Waals surface area contributed by atoms with Crippen molar-refractivity contribution in [3.63, 3.8) is 0 Å². The Labute approximate surface area is 100.0 Å². The maximum Gasteiger partial charge on any atom is 0.407 e. The molecule has 1 amide bonds. The van der Waals surface area contributed by atoms with Crippen LogP contribution in [0.3, 0.4) is 0 Å². The number of hydrogen-bond donors (Lipinski definition) is 1. The molecule has 1 rings (SSSR count). The van der Waals surface area contributed by atoms with Crippen LogP contribution in [0.15, 0.2) is 0 Å². The molecule has 1 heterocycles. The van der Waals surface area contributed by atoms with Gasteiger partial charge in [-0.1, -0.05) is 36.7 Å². The summed E-state index contributed by atoms with van der Waals surface area (Å²) in [6.07, 6.45) is 2.27. The molecule has 0 saturated carbocycles. The Morgan fingerprint density at radius 2 is 2.07 bits per heavy atom. The number of rotatable bonds is 1. The van der Waals surface area contributed by atoms with Crippen molar-refractivity contribution >= 4 is 22.0 Å². The van der Waals surface area contributed by atoms with Crippen molar-refractivity contribution < 1.29 is 9.90 Å². The Hall–Kier alpha value is -0.250. The SMILES string of the molecule is CC(C)(C)C1(CBr)CCCCN1C(=O)O. The van der Waals surface area contributed by atoms with Gasteiger partial charge in [-0.25, -0.2) is 4.79 Å². The topological polar surface area (TPSA) is 40.5 Å². The summed E-state index contributed by atoms with van der Waals surface area (Å²) in [7, 11) is 0. The van der Waals surface area contributed by atoms with E-state index in [1.54, 1.807) is 4.90 Å². The van der Waals surface area contributed by atoms with Crippen molar-refractivity contribution in [3.8, 4) is 0 Å². The molecular weight excluding hydrogens is 258 g/mol. The molecule has 1 saturated heterocycles. The summed E-state index contributed by atoms with van der Waals surface area (Å²) in [5, 5.41) is 9.99. The smallest absolute Gasteiger partial charge is 0.407 e. The summed E-state index contributed by atoms with van der Waals surface area (Å²) in [5.41, 5.74) is -0.285. The highest BCUT2D eigenvalue weighted by Gasteiger charge is 2.49. The Bertz CT molecular complexity index is 249. The number of alkyl halides is 1. The highest BCUT2D eigenvalue weighted by Crippen LogP contribution is 2.43. The zero-order valence-electron chi connectivity index (χ0n) is 9.72. The van der Waals surface area contributed by atoms with Crippen LogP contribution in [-0.4, -0.2) is 33.5 Å². The van der Waals surface area contributed by atoms with Gasteiger partial charge in [0.1, 0.15) is 0 Å². The van der Waals surface area contributed by atoms with E-state index in [1.807, 2.05) is 0 Å². The number of carbonyl (C=O) groups is 1. The lowest BCUT2D eigenvalue weighted by Crippen LogP contribution is -2.62. The lowest BCUT2D eigenvalue weighted by molar-refractivity contribution is -0.00710. The number of hydrogen-bond acceptors (Lipinski definition) is 1. The summed E-state index contributed by atoms with van der Waals surface area (Å²) in [4.78, 5) is 12.9. The lowest BCUT2D eigenvalue weighted by Gasteiger charge is -2.52. The molecule has 1 aliphatic heterocycles. The third-order valence-corrected chi connectivity index (χ3v) is 4.51. The summed E-state index contributed by atoms with van der Waals surface area (Å²) in [6, 6.07) is 0. The molecule has 1 fully saturated rings. The van der Waals surface area contributed by atoms with Crippen molar-refractivity contribution in [2.75, 3.05) is 11.9 Å². The molecule has 1 N–H and O–H groups in total. The van der Waals surface area contributed by atoms with E-state index in [2.05, 4.69) is 36.7 Å². The van der Waals surface area contributed by atoms with E-state index in [-0.39, 0.29) is 11.0 Å². The molecule has 0 aliphatic carbocycles. The molecule has 0 aromatic heterocycles. The molecule has 0 aromatic carbocycles. The van der Waals surface area contributed by atoms with Gasteiger partial charge in [-0.15, -0.1) is 0 Å². The highest BCUT2D eigenvalue weighted by molar-refractivity contribution is 9.09. The minimum Gasteiger partial charge on any atom is -0.465 e. The maximum atomic E-state index is 11.3. The molecule has 3 nitrogen and oxygen atoms in total. The van der Waals surface area contributed by atoms with Crippen LogP contribution in [0, 0.1) is 5.41 Å². The molecule has 15 heavy (non-hydrogen) atoms. The molecule has 1 aliphatic rings. The Morgan fingerprint density at radius 1 is 1.47 bits per heavy atom. The second-order valence-corrected chi connectivity index (χ2v) is 5.87. The summed E-state index contributed by atoms with van der Waals surface area (Å²) < 4.78 is 0. The number of nitrogens with zero attached hydrogens (tertiary/aromatic N) is 1. The second kappa shape index (κ2) is 4.32. The van der Waals surface area contributed by atoms with Crippen molar-refractivity contribution in [2.45, 2.75) is 45.6 Å². The second-order valence-electron chi connectivity index (χ2n) is 5.31. The number of piperidine rings is 1. The fraction of sp³-hybridized carbons (Fsp3) is 0.909. The molecule has 88 valence electrons. The third kappa shape index (κ3) is 2.14. The van der Waals surface area contributed by atoms with Crippen LogP contribution in [0.2, 0.25) is 0 Å². The standard InChI is InChI=1S/C11H20BrNO2/c1-10(2,3)11(8-12)6-4-5-7-13(11)9(14)15/h4-8H2,1-3H3,(H,14,15). The average molecular weight is 278 g/mol.